The molecule has 0 saturated carbocycles. The number of carbonyl (C=O) groups excluding carboxylic acids is 1. The average Bonchev–Trinajstić information content (AvgIpc) is 2.31. The Morgan fingerprint density at radius 3 is 2.56 bits per heavy atom. The molecule has 0 saturated heterocycles. The van der Waals surface area contributed by atoms with Crippen molar-refractivity contribution in [2.24, 2.45) is 0 Å². The summed E-state index contributed by atoms with van der Waals surface area (Å²) in [5.74, 6) is 0. The highest BCUT2D eigenvalue weighted by Gasteiger charge is 2.00. The van der Waals surface area contributed by atoms with Gasteiger partial charge in [0.25, 0.3) is 0 Å². The number of hydrogen-bond acceptors (Lipinski definition) is 2. The highest BCUT2D eigenvalue weighted by molar-refractivity contribution is 5.89. The zero-order chi connectivity index (χ0) is 13.4. The van der Waals surface area contributed by atoms with E-state index in [2.05, 4.69) is 10.6 Å². The highest BCUT2D eigenvalue weighted by Crippen LogP contribution is 2.07. The molecule has 0 spiro atoms. The third-order valence-electron chi connectivity index (χ3n) is 2.37. The summed E-state index contributed by atoms with van der Waals surface area (Å²) < 4.78 is 5.38. The number of ether oxygens (including phenoxy) is 1. The summed E-state index contributed by atoms with van der Waals surface area (Å²) in [5, 5.41) is 5.57. The molecule has 0 unspecified atom stereocenters. The van der Waals surface area contributed by atoms with E-state index in [1.807, 2.05) is 45.0 Å². The molecule has 0 radical (unpaired) electrons. The van der Waals surface area contributed by atoms with Crippen molar-refractivity contribution in [3.05, 3.63) is 29.8 Å². The van der Waals surface area contributed by atoms with Gasteiger partial charge in [0.2, 0.25) is 0 Å². The van der Waals surface area contributed by atoms with Crippen molar-refractivity contribution in [2.45, 2.75) is 33.3 Å². The summed E-state index contributed by atoms with van der Waals surface area (Å²) in [7, 11) is 0. The first-order valence-corrected chi connectivity index (χ1v) is 6.31. The molecule has 0 aliphatic carbocycles. The number of anilines is 1. The Balaban J connectivity index is 2.16. The van der Waals surface area contributed by atoms with Crippen LogP contribution in [-0.2, 0) is 4.74 Å². The van der Waals surface area contributed by atoms with E-state index in [1.165, 1.54) is 5.56 Å². The second kappa shape index (κ2) is 7.71. The Morgan fingerprint density at radius 1 is 1.28 bits per heavy atom. The minimum absolute atomic E-state index is 0.177. The molecule has 0 aliphatic rings. The molecular weight excluding hydrogens is 228 g/mol. The van der Waals surface area contributed by atoms with Gasteiger partial charge in [-0.1, -0.05) is 17.7 Å². The van der Waals surface area contributed by atoms with Gasteiger partial charge in [-0.05, 0) is 39.3 Å². The molecule has 0 aromatic heterocycles. The van der Waals surface area contributed by atoms with E-state index in [0.29, 0.717) is 13.2 Å². The van der Waals surface area contributed by atoms with Crippen LogP contribution in [0.3, 0.4) is 0 Å². The first-order chi connectivity index (χ1) is 8.58. The molecule has 0 aliphatic heterocycles. The van der Waals surface area contributed by atoms with Crippen molar-refractivity contribution in [3.8, 4) is 0 Å². The van der Waals surface area contributed by atoms with Gasteiger partial charge in [0.1, 0.15) is 0 Å². The van der Waals surface area contributed by atoms with Gasteiger partial charge in [-0.15, -0.1) is 0 Å². The van der Waals surface area contributed by atoms with Crippen LogP contribution in [0.1, 0.15) is 25.8 Å². The molecular formula is C14H22N2O2. The van der Waals surface area contributed by atoms with Crippen LogP contribution in [0, 0.1) is 6.92 Å². The Labute approximate surface area is 109 Å². The minimum atomic E-state index is -0.177. The molecule has 1 aromatic rings. The highest BCUT2D eigenvalue weighted by atomic mass is 16.5. The fraction of sp³-hybridized carbons (Fsp3) is 0.500. The number of amides is 2. The van der Waals surface area contributed by atoms with Gasteiger partial charge < -0.3 is 15.4 Å². The van der Waals surface area contributed by atoms with Crippen molar-refractivity contribution in [1.82, 2.24) is 5.32 Å². The van der Waals surface area contributed by atoms with Crippen molar-refractivity contribution in [3.63, 3.8) is 0 Å². The maximum absolute atomic E-state index is 11.5. The summed E-state index contributed by atoms with van der Waals surface area (Å²) in [6.07, 6.45) is 1.06. The molecule has 2 amide bonds. The molecule has 100 valence electrons. The molecule has 4 heteroatoms. The number of hydrogen-bond donors (Lipinski definition) is 2. The van der Waals surface area contributed by atoms with Gasteiger partial charge in [0.05, 0.1) is 6.10 Å². The quantitative estimate of drug-likeness (QED) is 0.763. The van der Waals surface area contributed by atoms with Gasteiger partial charge in [0, 0.05) is 18.8 Å². The van der Waals surface area contributed by atoms with Crippen molar-refractivity contribution >= 4 is 11.7 Å². The summed E-state index contributed by atoms with van der Waals surface area (Å²) >= 11 is 0. The number of urea groups is 1. The molecule has 0 fully saturated rings. The normalized spacial score (nSPS) is 10.4. The first-order valence-electron chi connectivity index (χ1n) is 6.31. The predicted octanol–water partition coefficient (Wildman–Crippen LogP) is 2.93. The van der Waals surface area contributed by atoms with Gasteiger partial charge in [-0.2, -0.15) is 0 Å². The Kier molecular flexibility index (Phi) is 6.22. The van der Waals surface area contributed by atoms with E-state index in [1.54, 1.807) is 0 Å². The van der Waals surface area contributed by atoms with Gasteiger partial charge in [-0.25, -0.2) is 4.79 Å². The molecule has 1 rings (SSSR count). The molecule has 0 heterocycles. The van der Waals surface area contributed by atoms with Crippen molar-refractivity contribution in [2.75, 3.05) is 18.5 Å². The lowest BCUT2D eigenvalue weighted by atomic mass is 10.2. The second-order valence-electron chi connectivity index (χ2n) is 4.52. The Morgan fingerprint density at radius 2 is 1.94 bits per heavy atom. The van der Waals surface area contributed by atoms with Crippen LogP contribution in [-0.4, -0.2) is 25.3 Å². The minimum Gasteiger partial charge on any atom is -0.379 e. The lowest BCUT2D eigenvalue weighted by Crippen LogP contribution is -2.30. The monoisotopic (exact) mass is 250 g/mol. The summed E-state index contributed by atoms with van der Waals surface area (Å²) in [6.45, 7) is 7.29. The van der Waals surface area contributed by atoms with Crippen LogP contribution in [0.15, 0.2) is 24.3 Å². The Hall–Kier alpha value is -1.55. The molecule has 0 atom stereocenters. The summed E-state index contributed by atoms with van der Waals surface area (Å²) in [5.41, 5.74) is 1.98. The van der Waals surface area contributed by atoms with E-state index in [0.717, 1.165) is 12.1 Å². The fourth-order valence-electron chi connectivity index (χ4n) is 1.41. The standard InChI is InChI=1S/C14H22N2O2/c1-11(2)18-10-4-9-15-14(17)16-13-7-5-12(3)6-8-13/h5-8,11H,4,9-10H2,1-3H3,(H2,15,16,17). The molecule has 18 heavy (non-hydrogen) atoms. The van der Waals surface area contributed by atoms with Crippen molar-refractivity contribution < 1.29 is 9.53 Å². The van der Waals surface area contributed by atoms with Crippen LogP contribution >= 0.6 is 0 Å². The third-order valence-corrected chi connectivity index (χ3v) is 2.37. The van der Waals surface area contributed by atoms with Crippen LogP contribution in [0.25, 0.3) is 0 Å². The van der Waals surface area contributed by atoms with Crippen LogP contribution in [0.2, 0.25) is 0 Å². The number of carbonyl (C=O) groups is 1. The van der Waals surface area contributed by atoms with Gasteiger partial charge >= 0.3 is 6.03 Å². The predicted molar refractivity (Wildman–Crippen MR) is 73.9 cm³/mol. The summed E-state index contributed by atoms with van der Waals surface area (Å²) in [4.78, 5) is 11.5. The molecule has 0 bridgehead atoms. The maximum atomic E-state index is 11.5. The van der Waals surface area contributed by atoms with E-state index in [4.69, 9.17) is 4.74 Å². The van der Waals surface area contributed by atoms with E-state index in [9.17, 15) is 4.79 Å². The number of benzene rings is 1. The van der Waals surface area contributed by atoms with Crippen molar-refractivity contribution in [1.29, 1.82) is 0 Å². The largest absolute Gasteiger partial charge is 0.379 e. The number of rotatable bonds is 6. The molecule has 1 aromatic carbocycles. The average molecular weight is 250 g/mol. The number of nitrogens with one attached hydrogen (secondary N) is 2. The summed E-state index contributed by atoms with van der Waals surface area (Å²) in [6, 6.07) is 7.52. The van der Waals surface area contributed by atoms with Crippen LogP contribution < -0.4 is 10.6 Å². The number of aryl methyl sites for hydroxylation is 1. The van der Waals surface area contributed by atoms with E-state index >= 15 is 0 Å². The SMILES string of the molecule is Cc1ccc(NC(=O)NCCCOC(C)C)cc1. The fourth-order valence-corrected chi connectivity index (χ4v) is 1.41. The third kappa shape index (κ3) is 6.25. The molecule has 4 nitrogen and oxygen atoms in total. The lowest BCUT2D eigenvalue weighted by Gasteiger charge is -2.09. The first kappa shape index (κ1) is 14.5. The van der Waals surface area contributed by atoms with E-state index < -0.39 is 0 Å². The zero-order valence-electron chi connectivity index (χ0n) is 11.3. The Bertz CT molecular complexity index is 361. The zero-order valence-corrected chi connectivity index (χ0v) is 11.3. The van der Waals surface area contributed by atoms with Gasteiger partial charge in [0.15, 0.2) is 0 Å². The topological polar surface area (TPSA) is 50.4 Å². The second-order valence-corrected chi connectivity index (χ2v) is 4.52. The molecule has 2 N–H and O–H groups in total. The smallest absolute Gasteiger partial charge is 0.319 e. The lowest BCUT2D eigenvalue weighted by molar-refractivity contribution is 0.0775. The van der Waals surface area contributed by atoms with Crippen LogP contribution in [0.5, 0.6) is 0 Å². The van der Waals surface area contributed by atoms with Gasteiger partial charge in [-0.3, -0.25) is 0 Å². The maximum Gasteiger partial charge on any atom is 0.319 e. The van der Waals surface area contributed by atoms with Crippen LogP contribution in [0.4, 0.5) is 10.5 Å². The van der Waals surface area contributed by atoms with E-state index in [-0.39, 0.29) is 12.1 Å².